The smallest absolute Gasteiger partial charge is 0.395 e. The van der Waals surface area contributed by atoms with Gasteiger partial charge in [0.1, 0.15) is 18.1 Å². The molecule has 0 aromatic heterocycles. The number of phosphoric acid groups is 1. The number of non-ortho nitro benzene ring substituents is 1. The molecule has 0 aliphatic rings. The molecular weight excluding hydrogens is 397 g/mol. The van der Waals surface area contributed by atoms with Gasteiger partial charge in [-0.05, 0) is 24.3 Å². The molecular formula is C20H16NO7P. The first-order valence-electron chi connectivity index (χ1n) is 8.47. The Kier molecular flexibility index (Phi) is 6.39. The summed E-state index contributed by atoms with van der Waals surface area (Å²) in [7, 11) is -4.22. The molecule has 0 aliphatic heterocycles. The van der Waals surface area contributed by atoms with Crippen LogP contribution in [0.25, 0.3) is 0 Å². The van der Waals surface area contributed by atoms with Crippen molar-refractivity contribution in [1.82, 2.24) is 0 Å². The number of para-hydroxylation sites is 2. The van der Waals surface area contributed by atoms with Crippen LogP contribution < -0.4 is 9.05 Å². The van der Waals surface area contributed by atoms with Crippen molar-refractivity contribution in [2.45, 2.75) is 0 Å². The molecule has 0 bridgehead atoms. The van der Waals surface area contributed by atoms with Gasteiger partial charge in [-0.3, -0.25) is 19.4 Å². The predicted octanol–water partition coefficient (Wildman–Crippen LogP) is 5.06. The Hall–Kier alpha value is -3.48. The Morgan fingerprint density at radius 2 is 1.41 bits per heavy atom. The van der Waals surface area contributed by atoms with Gasteiger partial charge in [-0.1, -0.05) is 48.5 Å². The van der Waals surface area contributed by atoms with Crippen molar-refractivity contribution in [1.29, 1.82) is 0 Å². The lowest BCUT2D eigenvalue weighted by molar-refractivity contribution is -0.384. The van der Waals surface area contributed by atoms with E-state index in [0.29, 0.717) is 0 Å². The standard InChI is InChI=1S/C20H16NO7P/c22-20(16-8-7-9-17(14-16)21(23)24)15-26-29(25,27-18-10-3-1-4-11-18)28-19-12-5-2-6-13-19/h1-14H,15H2. The van der Waals surface area contributed by atoms with Crippen molar-refractivity contribution < 1.29 is 27.9 Å². The highest BCUT2D eigenvalue weighted by molar-refractivity contribution is 7.49. The summed E-state index contributed by atoms with van der Waals surface area (Å²) in [5.74, 6) is -0.147. The van der Waals surface area contributed by atoms with Gasteiger partial charge in [0.05, 0.1) is 4.92 Å². The van der Waals surface area contributed by atoms with E-state index in [2.05, 4.69) is 0 Å². The van der Waals surface area contributed by atoms with E-state index >= 15 is 0 Å². The van der Waals surface area contributed by atoms with Gasteiger partial charge < -0.3 is 9.05 Å². The third-order valence-electron chi connectivity index (χ3n) is 3.65. The zero-order valence-corrected chi connectivity index (χ0v) is 15.9. The molecule has 0 heterocycles. The fourth-order valence-electron chi connectivity index (χ4n) is 2.31. The first kappa shape index (κ1) is 20.3. The molecule has 0 atom stereocenters. The maximum Gasteiger partial charge on any atom is 0.588 e. The van der Waals surface area contributed by atoms with E-state index < -0.39 is 25.1 Å². The van der Waals surface area contributed by atoms with E-state index in [1.807, 2.05) is 0 Å². The number of carbonyl (C=O) groups excluding carboxylic acids is 1. The zero-order chi connectivity index (χ0) is 20.7. The Morgan fingerprint density at radius 1 is 0.862 bits per heavy atom. The summed E-state index contributed by atoms with van der Waals surface area (Å²) in [6.07, 6.45) is 0. The summed E-state index contributed by atoms with van der Waals surface area (Å²) in [4.78, 5) is 22.7. The van der Waals surface area contributed by atoms with Gasteiger partial charge in [-0.2, -0.15) is 0 Å². The second-order valence-electron chi connectivity index (χ2n) is 5.76. The molecule has 0 aliphatic carbocycles. The van der Waals surface area contributed by atoms with Gasteiger partial charge in [-0.15, -0.1) is 0 Å². The molecule has 0 unspecified atom stereocenters. The quantitative estimate of drug-likeness (QED) is 0.209. The van der Waals surface area contributed by atoms with Crippen LogP contribution in [0.2, 0.25) is 0 Å². The molecule has 8 nitrogen and oxygen atoms in total. The third kappa shape index (κ3) is 5.75. The number of hydrogen-bond acceptors (Lipinski definition) is 7. The molecule has 3 aromatic carbocycles. The van der Waals surface area contributed by atoms with Gasteiger partial charge in [0.15, 0.2) is 5.78 Å². The van der Waals surface area contributed by atoms with E-state index in [-0.39, 0.29) is 22.7 Å². The normalized spacial score (nSPS) is 10.9. The van der Waals surface area contributed by atoms with Crippen LogP contribution in [0, 0.1) is 10.1 Å². The molecule has 29 heavy (non-hydrogen) atoms. The lowest BCUT2D eigenvalue weighted by Gasteiger charge is -2.18. The number of nitro groups is 1. The Bertz CT molecular complexity index is 995. The number of nitrogens with zero attached hydrogens (tertiary/aromatic N) is 1. The number of ketones is 1. The molecule has 0 fully saturated rings. The number of phosphoric ester groups is 1. The first-order valence-corrected chi connectivity index (χ1v) is 9.93. The lowest BCUT2D eigenvalue weighted by atomic mass is 10.1. The monoisotopic (exact) mass is 413 g/mol. The number of hydrogen-bond donors (Lipinski definition) is 0. The van der Waals surface area contributed by atoms with Crippen LogP contribution in [0.1, 0.15) is 10.4 Å². The molecule has 0 amide bonds. The highest BCUT2D eigenvalue weighted by atomic mass is 31.2. The lowest BCUT2D eigenvalue weighted by Crippen LogP contribution is -2.13. The van der Waals surface area contributed by atoms with Crippen molar-refractivity contribution in [2.24, 2.45) is 0 Å². The van der Waals surface area contributed by atoms with Gasteiger partial charge >= 0.3 is 7.82 Å². The molecule has 3 rings (SSSR count). The SMILES string of the molecule is O=C(COP(=O)(Oc1ccccc1)Oc1ccccc1)c1cccc([N+](=O)[O-])c1. The van der Waals surface area contributed by atoms with Crippen LogP contribution in [0.4, 0.5) is 5.69 Å². The molecule has 0 N–H and O–H groups in total. The minimum Gasteiger partial charge on any atom is -0.395 e. The average molecular weight is 413 g/mol. The summed E-state index contributed by atoms with van der Waals surface area (Å²) in [5, 5.41) is 10.9. The fraction of sp³-hybridized carbons (Fsp3) is 0.0500. The minimum absolute atomic E-state index is 0.0465. The second kappa shape index (κ2) is 9.14. The van der Waals surface area contributed by atoms with Gasteiger partial charge in [0.2, 0.25) is 0 Å². The summed E-state index contributed by atoms with van der Waals surface area (Å²) in [6.45, 7) is -0.655. The highest BCUT2D eigenvalue weighted by Crippen LogP contribution is 2.49. The van der Waals surface area contributed by atoms with E-state index in [1.54, 1.807) is 60.7 Å². The second-order valence-corrected chi connectivity index (χ2v) is 7.28. The van der Waals surface area contributed by atoms with E-state index in [0.717, 1.165) is 6.07 Å². The Morgan fingerprint density at radius 3 is 1.93 bits per heavy atom. The van der Waals surface area contributed by atoms with Crippen molar-refractivity contribution in [3.8, 4) is 11.5 Å². The first-order chi connectivity index (χ1) is 14.0. The molecule has 9 heteroatoms. The van der Waals surface area contributed by atoms with Gasteiger partial charge in [-0.25, -0.2) is 4.57 Å². The predicted molar refractivity (Wildman–Crippen MR) is 105 cm³/mol. The number of carbonyl (C=O) groups is 1. The van der Waals surface area contributed by atoms with Gasteiger partial charge in [0.25, 0.3) is 5.69 Å². The average Bonchev–Trinajstić information content (AvgIpc) is 2.73. The largest absolute Gasteiger partial charge is 0.588 e. The molecule has 0 spiro atoms. The van der Waals surface area contributed by atoms with Crippen LogP contribution in [-0.4, -0.2) is 17.3 Å². The van der Waals surface area contributed by atoms with Crippen LogP contribution in [-0.2, 0) is 9.09 Å². The van der Waals surface area contributed by atoms with Crippen LogP contribution in [0.5, 0.6) is 11.5 Å². The van der Waals surface area contributed by atoms with Gasteiger partial charge in [0, 0.05) is 17.7 Å². The summed E-state index contributed by atoms with van der Waals surface area (Å²) in [5.41, 5.74) is -0.190. The van der Waals surface area contributed by atoms with Crippen molar-refractivity contribution in [3.05, 3.63) is 101 Å². The van der Waals surface area contributed by atoms with Crippen molar-refractivity contribution in [3.63, 3.8) is 0 Å². The third-order valence-corrected chi connectivity index (χ3v) is 4.97. The molecule has 148 valence electrons. The van der Waals surface area contributed by atoms with Crippen LogP contribution in [0.3, 0.4) is 0 Å². The maximum atomic E-state index is 13.1. The number of benzene rings is 3. The Balaban J connectivity index is 1.77. The van der Waals surface area contributed by atoms with E-state index in [1.165, 1.54) is 18.2 Å². The Labute approximate surface area is 166 Å². The summed E-state index contributed by atoms with van der Waals surface area (Å²) < 4.78 is 29.2. The molecule has 3 aromatic rings. The van der Waals surface area contributed by atoms with Crippen molar-refractivity contribution >= 4 is 19.3 Å². The number of Topliss-reactive ketones (excluding diaryl/α,β-unsaturated/α-hetero) is 1. The number of nitro benzene ring substituents is 1. The van der Waals surface area contributed by atoms with E-state index in [9.17, 15) is 19.5 Å². The molecule has 0 saturated heterocycles. The van der Waals surface area contributed by atoms with Crippen molar-refractivity contribution in [2.75, 3.05) is 6.61 Å². The van der Waals surface area contributed by atoms with Crippen LogP contribution >= 0.6 is 7.82 Å². The molecule has 0 saturated carbocycles. The topological polar surface area (TPSA) is 105 Å². The van der Waals surface area contributed by atoms with E-state index in [4.69, 9.17) is 13.6 Å². The fourth-order valence-corrected chi connectivity index (χ4v) is 3.48. The highest BCUT2D eigenvalue weighted by Gasteiger charge is 2.32. The zero-order valence-electron chi connectivity index (χ0n) is 15.0. The van der Waals surface area contributed by atoms with Crippen LogP contribution in [0.15, 0.2) is 84.9 Å². The minimum atomic E-state index is -4.22. The summed E-state index contributed by atoms with van der Waals surface area (Å²) >= 11 is 0. The molecule has 0 radical (unpaired) electrons. The maximum absolute atomic E-state index is 13.1. The number of rotatable bonds is 9. The summed E-state index contributed by atoms with van der Waals surface area (Å²) in [6, 6.07) is 21.6.